The summed E-state index contributed by atoms with van der Waals surface area (Å²) < 4.78 is 0. The molecule has 0 spiro atoms. The van der Waals surface area contributed by atoms with Crippen LogP contribution in [-0.2, 0) is 4.79 Å². The molecule has 1 aliphatic rings. The molecule has 0 heterocycles. The van der Waals surface area contributed by atoms with Crippen LogP contribution in [0.25, 0.3) is 0 Å². The molecule has 1 fully saturated rings. The highest BCUT2D eigenvalue weighted by Crippen LogP contribution is 2.27. The van der Waals surface area contributed by atoms with Gasteiger partial charge in [0.15, 0.2) is 0 Å². The molecule has 3 heteroatoms. The summed E-state index contributed by atoms with van der Waals surface area (Å²) in [5.41, 5.74) is 0. The first kappa shape index (κ1) is 14.5. The van der Waals surface area contributed by atoms with Crippen molar-refractivity contribution >= 4 is 5.97 Å². The average molecular weight is 241 g/mol. The summed E-state index contributed by atoms with van der Waals surface area (Å²) in [7, 11) is 2.03. The van der Waals surface area contributed by atoms with Gasteiger partial charge in [0.25, 0.3) is 0 Å². The number of rotatable bonds is 7. The molecular weight excluding hydrogens is 214 g/mol. The molecule has 100 valence electrons. The fourth-order valence-corrected chi connectivity index (χ4v) is 2.76. The lowest BCUT2D eigenvalue weighted by Crippen LogP contribution is -2.29. The third kappa shape index (κ3) is 6.06. The van der Waals surface area contributed by atoms with E-state index in [-0.39, 0.29) is 5.92 Å². The Labute approximate surface area is 105 Å². The number of carboxylic acids is 1. The van der Waals surface area contributed by atoms with E-state index >= 15 is 0 Å². The maximum absolute atomic E-state index is 10.7. The van der Waals surface area contributed by atoms with E-state index in [0.717, 1.165) is 12.5 Å². The topological polar surface area (TPSA) is 40.5 Å². The Bertz CT molecular complexity index is 224. The molecule has 3 nitrogen and oxygen atoms in total. The van der Waals surface area contributed by atoms with E-state index in [0.29, 0.717) is 6.54 Å². The minimum atomic E-state index is -0.691. The number of hydrogen-bond acceptors (Lipinski definition) is 2. The maximum Gasteiger partial charge on any atom is 0.307 e. The second-order valence-corrected chi connectivity index (χ2v) is 5.65. The van der Waals surface area contributed by atoms with E-state index in [4.69, 9.17) is 5.11 Å². The summed E-state index contributed by atoms with van der Waals surface area (Å²) in [5, 5.41) is 8.83. The average Bonchev–Trinajstić information content (AvgIpc) is 2.30. The highest BCUT2D eigenvalue weighted by Gasteiger charge is 2.15. The smallest absolute Gasteiger partial charge is 0.307 e. The molecule has 0 aromatic carbocycles. The van der Waals surface area contributed by atoms with E-state index in [2.05, 4.69) is 4.90 Å². The van der Waals surface area contributed by atoms with Gasteiger partial charge in [-0.1, -0.05) is 39.0 Å². The van der Waals surface area contributed by atoms with Crippen LogP contribution in [0.2, 0.25) is 0 Å². The Morgan fingerprint density at radius 2 is 2.00 bits per heavy atom. The number of nitrogens with zero attached hydrogens (tertiary/aromatic N) is 1. The van der Waals surface area contributed by atoms with Crippen molar-refractivity contribution in [3.8, 4) is 0 Å². The monoisotopic (exact) mass is 241 g/mol. The molecule has 1 N–H and O–H groups in total. The summed E-state index contributed by atoms with van der Waals surface area (Å²) in [4.78, 5) is 12.9. The maximum atomic E-state index is 10.7. The van der Waals surface area contributed by atoms with Gasteiger partial charge >= 0.3 is 5.97 Å². The zero-order chi connectivity index (χ0) is 12.7. The molecule has 0 bridgehead atoms. The highest BCUT2D eigenvalue weighted by molar-refractivity contribution is 5.69. The Kier molecular flexibility index (Phi) is 6.56. The molecule has 17 heavy (non-hydrogen) atoms. The normalized spacial score (nSPS) is 19.5. The minimum Gasteiger partial charge on any atom is -0.481 e. The van der Waals surface area contributed by atoms with Gasteiger partial charge in [-0.15, -0.1) is 0 Å². The van der Waals surface area contributed by atoms with Crippen molar-refractivity contribution in [2.45, 2.75) is 51.9 Å². The molecule has 0 saturated heterocycles. The van der Waals surface area contributed by atoms with Crippen LogP contribution in [0.5, 0.6) is 0 Å². The first-order chi connectivity index (χ1) is 8.09. The Hall–Kier alpha value is -0.570. The molecule has 0 radical (unpaired) electrons. The predicted octanol–water partition coefficient (Wildman–Crippen LogP) is 3.00. The minimum absolute atomic E-state index is 0.255. The summed E-state index contributed by atoms with van der Waals surface area (Å²) in [5.74, 6) is -0.00661. The van der Waals surface area contributed by atoms with Gasteiger partial charge in [-0.3, -0.25) is 4.79 Å². The second kappa shape index (κ2) is 7.70. The molecule has 1 rings (SSSR count). The standard InChI is InChI=1S/C14H27NO2/c1-12(14(16)17)11-15(2)10-6-9-13-7-4-3-5-8-13/h12-13H,3-11H2,1-2H3,(H,16,17). The van der Waals surface area contributed by atoms with Crippen LogP contribution >= 0.6 is 0 Å². The van der Waals surface area contributed by atoms with Crippen molar-refractivity contribution < 1.29 is 9.90 Å². The van der Waals surface area contributed by atoms with Crippen LogP contribution in [0, 0.1) is 11.8 Å². The molecule has 0 aromatic rings. The molecule has 1 unspecified atom stereocenters. The van der Waals surface area contributed by atoms with Crippen molar-refractivity contribution in [3.05, 3.63) is 0 Å². The van der Waals surface area contributed by atoms with E-state index in [1.165, 1.54) is 44.9 Å². The van der Waals surface area contributed by atoms with E-state index in [9.17, 15) is 4.79 Å². The molecule has 0 aliphatic heterocycles. The van der Waals surface area contributed by atoms with Gasteiger partial charge in [-0.25, -0.2) is 0 Å². The van der Waals surface area contributed by atoms with Gasteiger partial charge in [0, 0.05) is 6.54 Å². The number of aliphatic carboxylic acids is 1. The molecule has 1 saturated carbocycles. The summed E-state index contributed by atoms with van der Waals surface area (Å²) in [6, 6.07) is 0. The van der Waals surface area contributed by atoms with E-state index in [1.807, 2.05) is 7.05 Å². The van der Waals surface area contributed by atoms with Crippen molar-refractivity contribution in [1.29, 1.82) is 0 Å². The summed E-state index contributed by atoms with van der Waals surface area (Å²) in [6.45, 7) is 3.48. The van der Waals surface area contributed by atoms with Gasteiger partial charge in [0.1, 0.15) is 0 Å². The third-order valence-corrected chi connectivity index (χ3v) is 3.88. The number of carbonyl (C=O) groups is 1. The summed E-state index contributed by atoms with van der Waals surface area (Å²) in [6.07, 6.45) is 9.61. The van der Waals surface area contributed by atoms with Gasteiger partial charge in [-0.05, 0) is 32.4 Å². The van der Waals surface area contributed by atoms with Crippen molar-refractivity contribution in [2.75, 3.05) is 20.1 Å². The van der Waals surface area contributed by atoms with Crippen molar-refractivity contribution in [1.82, 2.24) is 4.90 Å². The van der Waals surface area contributed by atoms with E-state index in [1.54, 1.807) is 6.92 Å². The van der Waals surface area contributed by atoms with Gasteiger partial charge in [0.05, 0.1) is 5.92 Å². The fourth-order valence-electron chi connectivity index (χ4n) is 2.76. The van der Waals surface area contributed by atoms with Crippen LogP contribution in [0.4, 0.5) is 0 Å². The van der Waals surface area contributed by atoms with Crippen LogP contribution in [0.1, 0.15) is 51.9 Å². The van der Waals surface area contributed by atoms with Crippen LogP contribution in [0.15, 0.2) is 0 Å². The molecular formula is C14H27NO2. The number of carboxylic acid groups (broad SMARTS) is 1. The lowest BCUT2D eigenvalue weighted by Gasteiger charge is -2.23. The zero-order valence-corrected chi connectivity index (χ0v) is 11.3. The SMILES string of the molecule is CC(CN(C)CCCC1CCCCC1)C(=O)O. The summed E-state index contributed by atoms with van der Waals surface area (Å²) >= 11 is 0. The molecule has 0 amide bonds. The molecule has 1 atom stereocenters. The molecule has 0 aromatic heterocycles. The first-order valence-electron chi connectivity index (χ1n) is 7.01. The lowest BCUT2D eigenvalue weighted by molar-refractivity contribution is -0.141. The van der Waals surface area contributed by atoms with Crippen molar-refractivity contribution in [2.24, 2.45) is 11.8 Å². The van der Waals surface area contributed by atoms with E-state index < -0.39 is 5.97 Å². The van der Waals surface area contributed by atoms with Gasteiger partial charge in [-0.2, -0.15) is 0 Å². The fraction of sp³-hybridized carbons (Fsp3) is 0.929. The number of hydrogen-bond donors (Lipinski definition) is 1. The van der Waals surface area contributed by atoms with Crippen LogP contribution in [0.3, 0.4) is 0 Å². The highest BCUT2D eigenvalue weighted by atomic mass is 16.4. The largest absolute Gasteiger partial charge is 0.481 e. The van der Waals surface area contributed by atoms with Gasteiger partial charge in [0.2, 0.25) is 0 Å². The second-order valence-electron chi connectivity index (χ2n) is 5.65. The Balaban J connectivity index is 2.06. The Morgan fingerprint density at radius 1 is 1.35 bits per heavy atom. The van der Waals surface area contributed by atoms with Crippen molar-refractivity contribution in [3.63, 3.8) is 0 Å². The zero-order valence-electron chi connectivity index (χ0n) is 11.3. The third-order valence-electron chi connectivity index (χ3n) is 3.88. The quantitative estimate of drug-likeness (QED) is 0.745. The first-order valence-corrected chi connectivity index (χ1v) is 7.01. The molecule has 1 aliphatic carbocycles. The predicted molar refractivity (Wildman–Crippen MR) is 70.1 cm³/mol. The Morgan fingerprint density at radius 3 is 2.59 bits per heavy atom. The lowest BCUT2D eigenvalue weighted by atomic mass is 9.86. The van der Waals surface area contributed by atoms with Crippen LogP contribution in [-0.4, -0.2) is 36.1 Å². The van der Waals surface area contributed by atoms with Gasteiger partial charge < -0.3 is 10.0 Å². The van der Waals surface area contributed by atoms with Crippen LogP contribution < -0.4 is 0 Å².